The van der Waals surface area contributed by atoms with Crippen molar-refractivity contribution in [1.29, 1.82) is 0 Å². The third kappa shape index (κ3) is 2.43. The molecule has 0 bridgehead atoms. The molecule has 0 radical (unpaired) electrons. The van der Waals surface area contributed by atoms with Gasteiger partial charge in [-0.1, -0.05) is 18.2 Å². The van der Waals surface area contributed by atoms with E-state index in [-0.39, 0.29) is 11.4 Å². The van der Waals surface area contributed by atoms with Gasteiger partial charge in [0.2, 0.25) is 11.8 Å². The molecule has 0 saturated carbocycles. The summed E-state index contributed by atoms with van der Waals surface area (Å²) in [5.74, 6) is -0.580. The lowest BCUT2D eigenvalue weighted by molar-refractivity contribution is 0.0693. The highest BCUT2D eigenvalue weighted by molar-refractivity contribution is 5.95. The van der Waals surface area contributed by atoms with E-state index < -0.39 is 5.97 Å². The Hall–Kier alpha value is -2.89. The Kier molecular flexibility index (Phi) is 3.06. The smallest absolute Gasteiger partial charge is 0.341 e. The van der Waals surface area contributed by atoms with Crippen LogP contribution in [-0.4, -0.2) is 25.8 Å². The zero-order chi connectivity index (χ0) is 15.0. The number of hydrogen-bond acceptors (Lipinski definition) is 4. The van der Waals surface area contributed by atoms with Crippen LogP contribution in [0.5, 0.6) is 11.8 Å². The Balaban J connectivity index is 2.13. The van der Waals surface area contributed by atoms with Crippen LogP contribution in [0, 0.1) is 6.92 Å². The van der Waals surface area contributed by atoms with E-state index in [0.29, 0.717) is 11.4 Å². The summed E-state index contributed by atoms with van der Waals surface area (Å²) in [7, 11) is 1.73. The molecule has 2 aromatic heterocycles. The van der Waals surface area contributed by atoms with Crippen LogP contribution in [-0.2, 0) is 7.05 Å². The van der Waals surface area contributed by atoms with Crippen molar-refractivity contribution in [3.63, 3.8) is 0 Å². The zero-order valence-electron chi connectivity index (χ0n) is 11.6. The maximum Gasteiger partial charge on any atom is 0.341 e. The predicted octanol–water partition coefficient (Wildman–Crippen LogP) is 2.77. The van der Waals surface area contributed by atoms with Crippen molar-refractivity contribution < 1.29 is 14.6 Å². The van der Waals surface area contributed by atoms with E-state index in [1.807, 2.05) is 31.2 Å². The second kappa shape index (κ2) is 4.90. The molecule has 106 valence electrons. The predicted molar refractivity (Wildman–Crippen MR) is 76.7 cm³/mol. The Bertz CT molecular complexity index is 839. The summed E-state index contributed by atoms with van der Waals surface area (Å²) in [5, 5.41) is 14.2. The number of carboxylic acid groups (broad SMARTS) is 1. The van der Waals surface area contributed by atoms with Gasteiger partial charge in [-0.05, 0) is 19.1 Å². The molecule has 0 amide bonds. The first-order chi connectivity index (χ1) is 10.0. The van der Waals surface area contributed by atoms with Crippen molar-refractivity contribution in [2.45, 2.75) is 6.92 Å². The van der Waals surface area contributed by atoms with Crippen LogP contribution in [0.4, 0.5) is 0 Å². The third-order valence-electron chi connectivity index (χ3n) is 3.08. The van der Waals surface area contributed by atoms with Crippen LogP contribution < -0.4 is 4.74 Å². The molecule has 1 N–H and O–H groups in total. The molecular weight excluding hydrogens is 270 g/mol. The molecule has 0 saturated heterocycles. The van der Waals surface area contributed by atoms with Crippen molar-refractivity contribution in [3.8, 4) is 11.8 Å². The van der Waals surface area contributed by atoms with Gasteiger partial charge in [0.05, 0.1) is 11.2 Å². The standard InChI is InChI=1S/C15H13N3O3/c1-9-7-13(18(2)17-9)21-14-11(15(19)20)8-10-5-3-4-6-12(10)16-14/h3-8H,1-2H3,(H,19,20). The van der Waals surface area contributed by atoms with Gasteiger partial charge in [0, 0.05) is 18.5 Å². The summed E-state index contributed by atoms with van der Waals surface area (Å²) in [5.41, 5.74) is 1.48. The molecule has 6 heteroatoms. The highest BCUT2D eigenvalue weighted by Crippen LogP contribution is 2.27. The molecule has 0 aliphatic carbocycles. The Labute approximate surface area is 120 Å². The molecule has 0 unspecified atom stereocenters. The Morgan fingerprint density at radius 3 is 2.71 bits per heavy atom. The van der Waals surface area contributed by atoms with Gasteiger partial charge in [-0.15, -0.1) is 0 Å². The molecule has 0 spiro atoms. The van der Waals surface area contributed by atoms with Crippen LogP contribution in [0.3, 0.4) is 0 Å². The number of ether oxygens (including phenoxy) is 1. The van der Waals surface area contributed by atoms with Gasteiger partial charge < -0.3 is 9.84 Å². The molecular formula is C15H13N3O3. The summed E-state index contributed by atoms with van der Waals surface area (Å²) >= 11 is 0. The highest BCUT2D eigenvalue weighted by atomic mass is 16.5. The van der Waals surface area contributed by atoms with Crippen LogP contribution >= 0.6 is 0 Å². The van der Waals surface area contributed by atoms with Crippen LogP contribution in [0.2, 0.25) is 0 Å². The molecule has 0 fully saturated rings. The number of rotatable bonds is 3. The largest absolute Gasteiger partial charge is 0.477 e. The zero-order valence-corrected chi connectivity index (χ0v) is 11.6. The SMILES string of the molecule is Cc1cc(Oc2nc3ccccc3cc2C(=O)O)n(C)n1. The lowest BCUT2D eigenvalue weighted by Gasteiger charge is -2.09. The molecule has 2 heterocycles. The molecule has 0 atom stereocenters. The van der Waals surface area contributed by atoms with Crippen molar-refractivity contribution in [2.75, 3.05) is 0 Å². The number of benzene rings is 1. The number of aryl methyl sites for hydroxylation is 2. The van der Waals surface area contributed by atoms with E-state index in [0.717, 1.165) is 11.1 Å². The number of aromatic nitrogens is 3. The number of fused-ring (bicyclic) bond motifs is 1. The minimum atomic E-state index is -1.08. The van der Waals surface area contributed by atoms with Gasteiger partial charge in [-0.25, -0.2) is 14.5 Å². The maximum atomic E-state index is 11.4. The van der Waals surface area contributed by atoms with E-state index in [1.165, 1.54) is 4.68 Å². The van der Waals surface area contributed by atoms with Gasteiger partial charge in [0.25, 0.3) is 0 Å². The summed E-state index contributed by atoms with van der Waals surface area (Å²) < 4.78 is 7.18. The number of carbonyl (C=O) groups is 1. The summed E-state index contributed by atoms with van der Waals surface area (Å²) in [6, 6.07) is 10.6. The van der Waals surface area contributed by atoms with E-state index in [4.69, 9.17) is 4.74 Å². The molecule has 3 aromatic rings. The number of hydrogen-bond donors (Lipinski definition) is 1. The van der Waals surface area contributed by atoms with Gasteiger partial charge in [0.15, 0.2) is 0 Å². The second-order valence-electron chi connectivity index (χ2n) is 4.69. The first-order valence-electron chi connectivity index (χ1n) is 6.36. The fourth-order valence-corrected chi connectivity index (χ4v) is 2.11. The number of para-hydroxylation sites is 1. The van der Waals surface area contributed by atoms with E-state index in [2.05, 4.69) is 10.1 Å². The molecule has 1 aromatic carbocycles. The summed E-state index contributed by atoms with van der Waals surface area (Å²) in [6.45, 7) is 1.83. The van der Waals surface area contributed by atoms with Crippen LogP contribution in [0.25, 0.3) is 10.9 Å². The first kappa shape index (κ1) is 13.1. The maximum absolute atomic E-state index is 11.4. The van der Waals surface area contributed by atoms with Crippen molar-refractivity contribution in [3.05, 3.63) is 47.7 Å². The lowest BCUT2D eigenvalue weighted by atomic mass is 10.1. The second-order valence-corrected chi connectivity index (χ2v) is 4.69. The number of nitrogens with zero attached hydrogens (tertiary/aromatic N) is 3. The van der Waals surface area contributed by atoms with Crippen molar-refractivity contribution >= 4 is 16.9 Å². The molecule has 6 nitrogen and oxygen atoms in total. The fourth-order valence-electron chi connectivity index (χ4n) is 2.11. The van der Waals surface area contributed by atoms with Crippen molar-refractivity contribution in [2.24, 2.45) is 7.05 Å². The number of carboxylic acids is 1. The van der Waals surface area contributed by atoms with Crippen molar-refractivity contribution in [1.82, 2.24) is 14.8 Å². The molecule has 0 aliphatic rings. The van der Waals surface area contributed by atoms with Crippen LogP contribution in [0.1, 0.15) is 16.1 Å². The molecule has 3 rings (SSSR count). The first-order valence-corrected chi connectivity index (χ1v) is 6.36. The summed E-state index contributed by atoms with van der Waals surface area (Å²) in [6.07, 6.45) is 0. The van der Waals surface area contributed by atoms with Gasteiger partial charge in [-0.2, -0.15) is 5.10 Å². The third-order valence-corrected chi connectivity index (χ3v) is 3.08. The van der Waals surface area contributed by atoms with Gasteiger partial charge in [0.1, 0.15) is 5.56 Å². The Morgan fingerprint density at radius 1 is 1.29 bits per heavy atom. The van der Waals surface area contributed by atoms with Gasteiger partial charge in [-0.3, -0.25) is 0 Å². The monoisotopic (exact) mass is 283 g/mol. The van der Waals surface area contributed by atoms with Crippen LogP contribution in [0.15, 0.2) is 36.4 Å². The van der Waals surface area contributed by atoms with E-state index in [9.17, 15) is 9.90 Å². The average Bonchev–Trinajstić information content (AvgIpc) is 2.76. The minimum Gasteiger partial charge on any atom is -0.477 e. The average molecular weight is 283 g/mol. The molecule has 21 heavy (non-hydrogen) atoms. The Morgan fingerprint density at radius 2 is 2.05 bits per heavy atom. The van der Waals surface area contributed by atoms with E-state index in [1.54, 1.807) is 19.2 Å². The minimum absolute atomic E-state index is 0.0209. The number of aromatic carboxylic acids is 1. The summed E-state index contributed by atoms with van der Waals surface area (Å²) in [4.78, 5) is 15.7. The molecule has 0 aliphatic heterocycles. The van der Waals surface area contributed by atoms with E-state index >= 15 is 0 Å². The quantitative estimate of drug-likeness (QED) is 0.799. The normalized spacial score (nSPS) is 10.8. The topological polar surface area (TPSA) is 77.2 Å². The lowest BCUT2D eigenvalue weighted by Crippen LogP contribution is -2.04. The number of pyridine rings is 1. The fraction of sp³-hybridized carbons (Fsp3) is 0.133. The highest BCUT2D eigenvalue weighted by Gasteiger charge is 2.17. The van der Waals surface area contributed by atoms with Gasteiger partial charge >= 0.3 is 5.97 Å².